The summed E-state index contributed by atoms with van der Waals surface area (Å²) in [4.78, 5) is 0. The first-order chi connectivity index (χ1) is 8.38. The van der Waals surface area contributed by atoms with Crippen LogP contribution in [0.1, 0.15) is 12.8 Å². The van der Waals surface area contributed by atoms with E-state index in [9.17, 15) is 0 Å². The molecule has 0 bridgehead atoms. The minimum absolute atomic E-state index is 0.723. The highest BCUT2D eigenvalue weighted by atomic mass is 16.5. The van der Waals surface area contributed by atoms with E-state index in [0.29, 0.717) is 0 Å². The molecular formula is C14H19NO2. The van der Waals surface area contributed by atoms with Gasteiger partial charge in [0.15, 0.2) is 0 Å². The Bertz CT molecular complexity index is 388. The van der Waals surface area contributed by atoms with Gasteiger partial charge in [0.25, 0.3) is 0 Å². The van der Waals surface area contributed by atoms with Crippen LogP contribution in [0.2, 0.25) is 0 Å². The minimum Gasteiger partial charge on any atom is -0.497 e. The third-order valence-corrected chi connectivity index (χ3v) is 2.84. The Morgan fingerprint density at radius 3 is 2.94 bits per heavy atom. The monoisotopic (exact) mass is 233 g/mol. The standard InChI is InChI=1S/C14H19NO2/c1-16-13-5-2-6-14(10-13)17-9-7-12-4-3-8-15-11-12/h2,4-6,10,15H,3,7-9,11H2,1H3. The van der Waals surface area contributed by atoms with Gasteiger partial charge >= 0.3 is 0 Å². The topological polar surface area (TPSA) is 30.5 Å². The van der Waals surface area contributed by atoms with Gasteiger partial charge < -0.3 is 14.8 Å². The van der Waals surface area contributed by atoms with Crippen molar-refractivity contribution in [3.05, 3.63) is 35.9 Å². The molecule has 2 rings (SSSR count). The van der Waals surface area contributed by atoms with E-state index in [4.69, 9.17) is 9.47 Å². The van der Waals surface area contributed by atoms with Gasteiger partial charge in [0.05, 0.1) is 13.7 Å². The molecule has 0 fully saturated rings. The smallest absolute Gasteiger partial charge is 0.122 e. The third kappa shape index (κ3) is 3.79. The van der Waals surface area contributed by atoms with E-state index in [0.717, 1.165) is 44.0 Å². The Balaban J connectivity index is 1.79. The van der Waals surface area contributed by atoms with Gasteiger partial charge in [-0.2, -0.15) is 0 Å². The Kier molecular flexibility index (Phi) is 4.45. The van der Waals surface area contributed by atoms with Crippen LogP contribution in [0.3, 0.4) is 0 Å². The second kappa shape index (κ2) is 6.30. The van der Waals surface area contributed by atoms with E-state index in [2.05, 4.69) is 11.4 Å². The molecule has 0 saturated heterocycles. The first-order valence-corrected chi connectivity index (χ1v) is 6.04. The highest BCUT2D eigenvalue weighted by Gasteiger charge is 2.03. The molecule has 1 heterocycles. The summed E-state index contributed by atoms with van der Waals surface area (Å²) in [6, 6.07) is 7.72. The zero-order chi connectivity index (χ0) is 11.9. The van der Waals surface area contributed by atoms with Crippen LogP contribution in [0, 0.1) is 0 Å². The summed E-state index contributed by atoms with van der Waals surface area (Å²) in [5.41, 5.74) is 1.44. The molecule has 0 unspecified atom stereocenters. The highest BCUT2D eigenvalue weighted by Crippen LogP contribution is 2.19. The minimum atomic E-state index is 0.723. The number of ether oxygens (including phenoxy) is 2. The average Bonchev–Trinajstić information content (AvgIpc) is 2.40. The lowest BCUT2D eigenvalue weighted by atomic mass is 10.1. The SMILES string of the molecule is COc1cccc(OCCC2=CCCNC2)c1. The van der Waals surface area contributed by atoms with Crippen LogP contribution in [0.25, 0.3) is 0 Å². The van der Waals surface area contributed by atoms with Crippen molar-refractivity contribution >= 4 is 0 Å². The van der Waals surface area contributed by atoms with E-state index in [1.165, 1.54) is 5.57 Å². The number of nitrogens with one attached hydrogen (secondary N) is 1. The molecule has 1 aliphatic rings. The number of benzene rings is 1. The molecule has 1 aromatic carbocycles. The van der Waals surface area contributed by atoms with Crippen molar-refractivity contribution in [2.75, 3.05) is 26.8 Å². The second-order valence-electron chi connectivity index (χ2n) is 4.11. The van der Waals surface area contributed by atoms with Crippen LogP contribution in [-0.2, 0) is 0 Å². The summed E-state index contributed by atoms with van der Waals surface area (Å²) in [7, 11) is 1.66. The van der Waals surface area contributed by atoms with Gasteiger partial charge in [-0.1, -0.05) is 17.7 Å². The Morgan fingerprint density at radius 2 is 2.18 bits per heavy atom. The van der Waals surface area contributed by atoms with E-state index in [-0.39, 0.29) is 0 Å². The van der Waals surface area contributed by atoms with Gasteiger partial charge in [-0.15, -0.1) is 0 Å². The van der Waals surface area contributed by atoms with Crippen molar-refractivity contribution < 1.29 is 9.47 Å². The normalized spacial score (nSPS) is 15.2. The Hall–Kier alpha value is -1.48. The van der Waals surface area contributed by atoms with Gasteiger partial charge in [-0.25, -0.2) is 0 Å². The fourth-order valence-corrected chi connectivity index (χ4v) is 1.88. The van der Waals surface area contributed by atoms with Crippen LogP contribution in [0.15, 0.2) is 35.9 Å². The molecule has 1 aliphatic heterocycles. The number of rotatable bonds is 5. The lowest BCUT2D eigenvalue weighted by Crippen LogP contribution is -2.23. The maximum Gasteiger partial charge on any atom is 0.122 e. The molecule has 0 aliphatic carbocycles. The lowest BCUT2D eigenvalue weighted by molar-refractivity contribution is 0.316. The predicted molar refractivity (Wildman–Crippen MR) is 68.7 cm³/mol. The van der Waals surface area contributed by atoms with E-state index < -0.39 is 0 Å². The zero-order valence-electron chi connectivity index (χ0n) is 10.2. The fourth-order valence-electron chi connectivity index (χ4n) is 1.88. The zero-order valence-corrected chi connectivity index (χ0v) is 10.2. The summed E-state index contributed by atoms with van der Waals surface area (Å²) >= 11 is 0. The van der Waals surface area contributed by atoms with Crippen LogP contribution < -0.4 is 14.8 Å². The summed E-state index contributed by atoms with van der Waals surface area (Å²) < 4.78 is 10.9. The van der Waals surface area contributed by atoms with Gasteiger partial charge in [0.1, 0.15) is 11.5 Å². The molecule has 0 amide bonds. The molecule has 0 radical (unpaired) electrons. The van der Waals surface area contributed by atoms with Crippen molar-refractivity contribution in [3.63, 3.8) is 0 Å². The van der Waals surface area contributed by atoms with Crippen LogP contribution in [-0.4, -0.2) is 26.8 Å². The summed E-state index contributed by atoms with van der Waals surface area (Å²) in [6.07, 6.45) is 4.43. The van der Waals surface area contributed by atoms with Crippen molar-refractivity contribution in [1.29, 1.82) is 0 Å². The van der Waals surface area contributed by atoms with Gasteiger partial charge in [-0.3, -0.25) is 0 Å². The number of hydrogen-bond donors (Lipinski definition) is 1. The molecule has 3 nitrogen and oxygen atoms in total. The van der Waals surface area contributed by atoms with Crippen molar-refractivity contribution in [3.8, 4) is 11.5 Å². The molecule has 17 heavy (non-hydrogen) atoms. The molecule has 0 atom stereocenters. The quantitative estimate of drug-likeness (QED) is 0.792. The van der Waals surface area contributed by atoms with Crippen LogP contribution in [0.4, 0.5) is 0 Å². The lowest BCUT2D eigenvalue weighted by Gasteiger charge is -2.14. The fraction of sp³-hybridized carbons (Fsp3) is 0.429. The van der Waals surface area contributed by atoms with E-state index >= 15 is 0 Å². The van der Waals surface area contributed by atoms with Crippen LogP contribution >= 0.6 is 0 Å². The largest absolute Gasteiger partial charge is 0.497 e. The molecule has 0 saturated carbocycles. The van der Waals surface area contributed by atoms with E-state index in [1.807, 2.05) is 24.3 Å². The molecule has 0 spiro atoms. The van der Waals surface area contributed by atoms with Crippen LogP contribution in [0.5, 0.6) is 11.5 Å². The summed E-state index contributed by atoms with van der Waals surface area (Å²) in [5, 5.41) is 3.36. The molecule has 92 valence electrons. The maximum atomic E-state index is 5.70. The predicted octanol–water partition coefficient (Wildman–Crippen LogP) is 2.38. The molecule has 0 aromatic heterocycles. The molecule has 3 heteroatoms. The van der Waals surface area contributed by atoms with Gasteiger partial charge in [0.2, 0.25) is 0 Å². The molecular weight excluding hydrogens is 214 g/mol. The van der Waals surface area contributed by atoms with Gasteiger partial charge in [0, 0.05) is 19.0 Å². The van der Waals surface area contributed by atoms with Crippen molar-refractivity contribution in [1.82, 2.24) is 5.32 Å². The first-order valence-electron chi connectivity index (χ1n) is 6.04. The first kappa shape index (κ1) is 12.0. The summed E-state index contributed by atoms with van der Waals surface area (Å²) in [6.45, 7) is 2.82. The van der Waals surface area contributed by atoms with Gasteiger partial charge in [-0.05, 0) is 25.1 Å². The molecule has 1 aromatic rings. The highest BCUT2D eigenvalue weighted by molar-refractivity contribution is 5.32. The second-order valence-corrected chi connectivity index (χ2v) is 4.11. The maximum absolute atomic E-state index is 5.70. The summed E-state index contributed by atoms with van der Waals surface area (Å²) in [5.74, 6) is 1.70. The average molecular weight is 233 g/mol. The Labute approximate surface area is 102 Å². The molecule has 1 N–H and O–H groups in total. The number of methoxy groups -OCH3 is 1. The number of hydrogen-bond acceptors (Lipinski definition) is 3. The van der Waals surface area contributed by atoms with E-state index in [1.54, 1.807) is 7.11 Å². The Morgan fingerprint density at radius 1 is 1.29 bits per heavy atom. The third-order valence-electron chi connectivity index (χ3n) is 2.84. The van der Waals surface area contributed by atoms with Crippen molar-refractivity contribution in [2.45, 2.75) is 12.8 Å². The van der Waals surface area contributed by atoms with Crippen molar-refractivity contribution in [2.24, 2.45) is 0 Å².